The molecule has 0 N–H and O–H groups in total. The molecule has 0 aliphatic heterocycles. The third kappa shape index (κ3) is 5.88. The monoisotopic (exact) mass is 425 g/mol. The maximum atomic E-state index is 13.2. The molecular weight excluding hydrogens is 397 g/mol. The minimum atomic E-state index is -3.95. The quantitative estimate of drug-likeness (QED) is 0.585. The van der Waals surface area contributed by atoms with Crippen LogP contribution in [-0.4, -0.2) is 60.9 Å². The number of aromatic nitrogens is 1. The number of hydrogen-bond donors (Lipinski definition) is 0. The van der Waals surface area contributed by atoms with E-state index in [1.54, 1.807) is 25.9 Å². The zero-order valence-corrected chi connectivity index (χ0v) is 18.0. The smallest absolute Gasteiger partial charge is 0.243 e. The number of sulfonamides is 1. The number of nitrogens with zero attached hydrogens (tertiary/aromatic N) is 3. The average Bonchev–Trinajstić information content (AvgIpc) is 3.07. The van der Waals surface area contributed by atoms with Gasteiger partial charge in [-0.05, 0) is 50.2 Å². The highest BCUT2D eigenvalue weighted by molar-refractivity contribution is 7.89. The molecule has 1 aromatic heterocycles. The Bertz CT molecular complexity index is 910. The van der Waals surface area contributed by atoms with Gasteiger partial charge in [0, 0.05) is 38.6 Å². The zero-order chi connectivity index (χ0) is 21.6. The zero-order valence-electron chi connectivity index (χ0n) is 17.2. The molecule has 7 nitrogen and oxygen atoms in total. The minimum absolute atomic E-state index is 0.0497. The molecule has 0 spiro atoms. The third-order valence-corrected chi connectivity index (χ3v) is 6.65. The number of methoxy groups -OCH3 is 1. The molecule has 1 aromatic carbocycles. The SMILES string of the molecule is COCCN(Cc1cccn1C)C(=O)CN(C(C)C)S(=O)(=O)c1ccc(F)cc1. The molecule has 1 heterocycles. The van der Waals surface area contributed by atoms with Gasteiger partial charge in [-0.25, -0.2) is 12.8 Å². The van der Waals surface area contributed by atoms with Crippen molar-refractivity contribution in [3.8, 4) is 0 Å². The largest absolute Gasteiger partial charge is 0.383 e. The topological polar surface area (TPSA) is 71.8 Å². The normalized spacial score (nSPS) is 12.0. The Morgan fingerprint density at radius 3 is 2.38 bits per heavy atom. The highest BCUT2D eigenvalue weighted by Gasteiger charge is 2.30. The number of hydrogen-bond acceptors (Lipinski definition) is 4. The van der Waals surface area contributed by atoms with Crippen LogP contribution < -0.4 is 0 Å². The van der Waals surface area contributed by atoms with Crippen LogP contribution >= 0.6 is 0 Å². The first-order valence-electron chi connectivity index (χ1n) is 9.31. The van der Waals surface area contributed by atoms with E-state index in [1.165, 1.54) is 12.1 Å². The summed E-state index contributed by atoms with van der Waals surface area (Å²) in [6.45, 7) is 4.10. The number of ether oxygens (including phenoxy) is 1. The number of rotatable bonds is 10. The van der Waals surface area contributed by atoms with Crippen LogP contribution in [0.15, 0.2) is 47.5 Å². The lowest BCUT2D eigenvalue weighted by atomic mass is 10.3. The van der Waals surface area contributed by atoms with Crippen LogP contribution in [0.2, 0.25) is 0 Å². The van der Waals surface area contributed by atoms with Gasteiger partial charge in [0.15, 0.2) is 0 Å². The molecule has 0 fully saturated rings. The van der Waals surface area contributed by atoms with E-state index in [4.69, 9.17) is 4.74 Å². The summed E-state index contributed by atoms with van der Waals surface area (Å²) in [6.07, 6.45) is 1.88. The summed E-state index contributed by atoms with van der Waals surface area (Å²) in [7, 11) is -0.525. The summed E-state index contributed by atoms with van der Waals surface area (Å²) >= 11 is 0. The molecule has 9 heteroatoms. The van der Waals surface area contributed by atoms with Crippen LogP contribution in [0.5, 0.6) is 0 Å². The number of halogens is 1. The van der Waals surface area contributed by atoms with Gasteiger partial charge in [0.05, 0.1) is 24.6 Å². The van der Waals surface area contributed by atoms with Crippen molar-refractivity contribution in [1.29, 1.82) is 0 Å². The van der Waals surface area contributed by atoms with Crippen LogP contribution in [0.25, 0.3) is 0 Å². The Kier molecular flexibility index (Phi) is 7.95. The van der Waals surface area contributed by atoms with E-state index in [0.29, 0.717) is 19.7 Å². The standard InChI is InChI=1S/C20H28FN3O4S/c1-16(2)24(29(26,27)19-9-7-17(21)8-10-19)15-20(25)23(12-13-28-4)14-18-6-5-11-22(18)3/h5-11,16H,12-15H2,1-4H3. The van der Waals surface area contributed by atoms with E-state index in [1.807, 2.05) is 29.9 Å². The Hall–Kier alpha value is -2.23. The number of carbonyl (C=O) groups is 1. The van der Waals surface area contributed by atoms with Crippen molar-refractivity contribution in [1.82, 2.24) is 13.8 Å². The fraction of sp³-hybridized carbons (Fsp3) is 0.450. The molecule has 0 saturated heterocycles. The number of benzene rings is 1. The third-order valence-electron chi connectivity index (χ3n) is 4.61. The van der Waals surface area contributed by atoms with Crippen molar-refractivity contribution in [3.05, 3.63) is 54.1 Å². The van der Waals surface area contributed by atoms with Crippen LogP contribution in [-0.2, 0) is 33.1 Å². The van der Waals surface area contributed by atoms with Gasteiger partial charge in [-0.3, -0.25) is 4.79 Å². The maximum Gasteiger partial charge on any atom is 0.243 e. The maximum absolute atomic E-state index is 13.2. The summed E-state index contributed by atoms with van der Waals surface area (Å²) in [5, 5.41) is 0. The minimum Gasteiger partial charge on any atom is -0.383 e. The number of amides is 1. The van der Waals surface area contributed by atoms with Crippen LogP contribution in [0.4, 0.5) is 4.39 Å². The number of carbonyl (C=O) groups excluding carboxylic acids is 1. The van der Waals surface area contributed by atoms with Crippen molar-refractivity contribution < 1.29 is 22.3 Å². The predicted molar refractivity (Wildman–Crippen MR) is 108 cm³/mol. The fourth-order valence-corrected chi connectivity index (χ4v) is 4.46. The van der Waals surface area contributed by atoms with Gasteiger partial charge in [0.1, 0.15) is 5.82 Å². The lowest BCUT2D eigenvalue weighted by Gasteiger charge is -2.29. The summed E-state index contributed by atoms with van der Waals surface area (Å²) in [5.41, 5.74) is 0.923. The first-order chi connectivity index (χ1) is 13.7. The molecule has 0 unspecified atom stereocenters. The first kappa shape index (κ1) is 23.1. The molecule has 29 heavy (non-hydrogen) atoms. The molecule has 0 atom stereocenters. The van der Waals surface area contributed by atoms with Crippen LogP contribution in [0, 0.1) is 5.82 Å². The highest BCUT2D eigenvalue weighted by atomic mass is 32.2. The summed E-state index contributed by atoms with van der Waals surface area (Å²) in [4.78, 5) is 14.6. The summed E-state index contributed by atoms with van der Waals surface area (Å²) in [5.74, 6) is -0.855. The van der Waals surface area contributed by atoms with Crippen molar-refractivity contribution in [3.63, 3.8) is 0 Å². The highest BCUT2D eigenvalue weighted by Crippen LogP contribution is 2.19. The average molecular weight is 426 g/mol. The molecule has 0 radical (unpaired) electrons. The second-order valence-corrected chi connectivity index (χ2v) is 8.91. The molecule has 2 aromatic rings. The number of aryl methyl sites for hydroxylation is 1. The van der Waals surface area contributed by atoms with E-state index in [0.717, 1.165) is 22.1 Å². The molecule has 2 rings (SSSR count). The van der Waals surface area contributed by atoms with Crippen molar-refractivity contribution in [2.45, 2.75) is 31.3 Å². The fourth-order valence-electron chi connectivity index (χ4n) is 2.87. The molecule has 0 saturated carbocycles. The van der Waals surface area contributed by atoms with Crippen molar-refractivity contribution in [2.75, 3.05) is 26.8 Å². The van der Waals surface area contributed by atoms with E-state index in [2.05, 4.69) is 0 Å². The molecule has 160 valence electrons. The molecule has 0 bridgehead atoms. The van der Waals surface area contributed by atoms with E-state index < -0.39 is 21.9 Å². The van der Waals surface area contributed by atoms with Crippen LogP contribution in [0.3, 0.4) is 0 Å². The Morgan fingerprint density at radius 1 is 1.21 bits per heavy atom. The van der Waals surface area contributed by atoms with Gasteiger partial charge in [-0.1, -0.05) is 0 Å². The molecule has 0 aliphatic rings. The second-order valence-electron chi connectivity index (χ2n) is 7.02. The van der Waals surface area contributed by atoms with Gasteiger partial charge in [0.25, 0.3) is 0 Å². The van der Waals surface area contributed by atoms with E-state index in [9.17, 15) is 17.6 Å². The molecular formula is C20H28FN3O4S. The van der Waals surface area contributed by atoms with Crippen molar-refractivity contribution in [2.24, 2.45) is 7.05 Å². The van der Waals surface area contributed by atoms with E-state index >= 15 is 0 Å². The Morgan fingerprint density at radius 2 is 1.86 bits per heavy atom. The van der Waals surface area contributed by atoms with Gasteiger partial charge in [0.2, 0.25) is 15.9 Å². The van der Waals surface area contributed by atoms with Gasteiger partial charge in [-0.2, -0.15) is 4.31 Å². The lowest BCUT2D eigenvalue weighted by molar-refractivity contribution is -0.133. The lowest BCUT2D eigenvalue weighted by Crippen LogP contribution is -2.46. The first-order valence-corrected chi connectivity index (χ1v) is 10.7. The summed E-state index contributed by atoms with van der Waals surface area (Å²) < 4.78 is 47.4. The predicted octanol–water partition coefficient (Wildman–Crippen LogP) is 2.24. The molecule has 0 aliphatic carbocycles. The molecule has 1 amide bonds. The van der Waals surface area contributed by atoms with Gasteiger partial charge < -0.3 is 14.2 Å². The van der Waals surface area contributed by atoms with Crippen molar-refractivity contribution >= 4 is 15.9 Å². The second kappa shape index (κ2) is 10.00. The van der Waals surface area contributed by atoms with E-state index in [-0.39, 0.29) is 17.3 Å². The van der Waals surface area contributed by atoms with Gasteiger partial charge in [-0.15, -0.1) is 0 Å². The van der Waals surface area contributed by atoms with Crippen LogP contribution in [0.1, 0.15) is 19.5 Å². The Balaban J connectivity index is 2.25. The van der Waals surface area contributed by atoms with Gasteiger partial charge >= 0.3 is 0 Å². The summed E-state index contributed by atoms with van der Waals surface area (Å²) in [6, 6.07) is 7.93. The Labute approximate surface area is 171 Å².